The molecule has 0 bridgehead atoms. The minimum absolute atomic E-state index is 0.0273. The van der Waals surface area contributed by atoms with Crippen molar-refractivity contribution in [2.75, 3.05) is 17.6 Å². The van der Waals surface area contributed by atoms with E-state index in [0.717, 1.165) is 48.2 Å². The molecule has 0 amide bonds. The number of hydrogen-bond donors (Lipinski definition) is 1. The number of anilines is 1. The van der Waals surface area contributed by atoms with E-state index in [9.17, 15) is 22.7 Å². The van der Waals surface area contributed by atoms with E-state index in [1.54, 1.807) is 12.1 Å². The molecule has 1 aromatic carbocycles. The lowest BCUT2D eigenvalue weighted by molar-refractivity contribution is -0.138. The zero-order valence-corrected chi connectivity index (χ0v) is 21.4. The van der Waals surface area contributed by atoms with E-state index in [-0.39, 0.29) is 34.9 Å². The Balaban J connectivity index is 1.79. The maximum Gasteiger partial charge on any atom is 0.303 e. The van der Waals surface area contributed by atoms with Crippen molar-refractivity contribution >= 4 is 28.0 Å². The molecule has 2 aromatic rings. The van der Waals surface area contributed by atoms with E-state index < -0.39 is 16.0 Å². The van der Waals surface area contributed by atoms with Crippen molar-refractivity contribution in [1.82, 2.24) is 9.97 Å². The fraction of sp³-hybridized carbons (Fsp3) is 0.500. The molecule has 188 valence electrons. The van der Waals surface area contributed by atoms with Crippen molar-refractivity contribution in [1.29, 1.82) is 0 Å². The number of carboxylic acid groups (broad SMARTS) is 1. The summed E-state index contributed by atoms with van der Waals surface area (Å²) in [6, 6.07) is 5.96. The largest absolute Gasteiger partial charge is 0.481 e. The fourth-order valence-electron chi connectivity index (χ4n) is 4.68. The Labute approximate surface area is 206 Å². The Kier molecular flexibility index (Phi) is 6.51. The molecule has 35 heavy (non-hydrogen) atoms. The molecule has 9 heteroatoms. The van der Waals surface area contributed by atoms with E-state index >= 15 is 0 Å². The lowest BCUT2D eigenvalue weighted by Gasteiger charge is -2.21. The third kappa shape index (κ3) is 5.72. The standard InChI is InChI=1S/C26H32FN3O4S/c1-17(2)22-20(9-10-25(11-12-25)16-26(13-14-26)15-21(31)32)23(18-5-7-19(27)8-6-18)29-24(28-22)30(3)35(4,33)34/h5-10,17H,11-16H2,1-4H3,(H,31,32)/b10-9+. The normalized spacial score (nSPS) is 18.1. The summed E-state index contributed by atoms with van der Waals surface area (Å²) in [5.41, 5.74) is 2.52. The smallest absolute Gasteiger partial charge is 0.303 e. The molecule has 0 saturated heterocycles. The maximum absolute atomic E-state index is 13.7. The van der Waals surface area contributed by atoms with Gasteiger partial charge >= 0.3 is 5.97 Å². The molecule has 1 heterocycles. The highest BCUT2D eigenvalue weighted by atomic mass is 32.2. The van der Waals surface area contributed by atoms with Crippen molar-refractivity contribution in [3.8, 4) is 11.3 Å². The van der Waals surface area contributed by atoms with Gasteiger partial charge in [-0.25, -0.2) is 27.1 Å². The fourth-order valence-corrected chi connectivity index (χ4v) is 5.06. The molecule has 2 aliphatic carbocycles. The minimum atomic E-state index is -3.58. The van der Waals surface area contributed by atoms with Crippen molar-refractivity contribution < 1.29 is 22.7 Å². The van der Waals surface area contributed by atoms with Gasteiger partial charge < -0.3 is 5.11 Å². The van der Waals surface area contributed by atoms with Crippen LogP contribution in [0.15, 0.2) is 30.3 Å². The molecule has 0 spiro atoms. The molecular formula is C26H32FN3O4S. The summed E-state index contributed by atoms with van der Waals surface area (Å²) < 4.78 is 39.1. The Morgan fingerprint density at radius 3 is 2.29 bits per heavy atom. The third-order valence-corrected chi connectivity index (χ3v) is 8.27. The second kappa shape index (κ2) is 9.00. The highest BCUT2D eigenvalue weighted by molar-refractivity contribution is 7.92. The predicted molar refractivity (Wildman–Crippen MR) is 134 cm³/mol. The number of allylic oxidation sites excluding steroid dienone is 1. The first kappa shape index (κ1) is 25.3. The number of halogens is 1. The van der Waals surface area contributed by atoms with Gasteiger partial charge in [0, 0.05) is 18.2 Å². The average Bonchev–Trinajstić information content (AvgIpc) is 3.70. The summed E-state index contributed by atoms with van der Waals surface area (Å²) in [5.74, 6) is -1.09. The van der Waals surface area contributed by atoms with Crippen LogP contribution >= 0.6 is 0 Å². The third-order valence-electron chi connectivity index (χ3n) is 7.11. The zero-order chi connectivity index (χ0) is 25.6. The number of aliphatic carboxylic acids is 1. The number of benzene rings is 1. The number of carbonyl (C=O) groups is 1. The van der Waals surface area contributed by atoms with E-state index in [1.165, 1.54) is 19.2 Å². The van der Waals surface area contributed by atoms with Crippen molar-refractivity contribution in [3.05, 3.63) is 47.4 Å². The van der Waals surface area contributed by atoms with Crippen molar-refractivity contribution in [2.45, 2.75) is 58.3 Å². The maximum atomic E-state index is 13.7. The second-order valence-electron chi connectivity index (χ2n) is 10.5. The first-order valence-electron chi connectivity index (χ1n) is 11.9. The number of rotatable bonds is 10. The SMILES string of the molecule is CC(C)c1nc(N(C)S(C)(=O)=O)nc(-c2ccc(F)cc2)c1/C=C/C1(CC2(CC(=O)O)CC2)CC1. The Bertz CT molecular complexity index is 1260. The molecule has 0 atom stereocenters. The molecule has 0 radical (unpaired) electrons. The second-order valence-corrected chi connectivity index (χ2v) is 12.5. The van der Waals surface area contributed by atoms with Crippen molar-refractivity contribution in [3.63, 3.8) is 0 Å². The summed E-state index contributed by atoms with van der Waals surface area (Å²) in [6.45, 7) is 3.97. The van der Waals surface area contributed by atoms with Gasteiger partial charge in [-0.2, -0.15) is 0 Å². The van der Waals surface area contributed by atoms with Crippen LogP contribution in [0.2, 0.25) is 0 Å². The highest BCUT2D eigenvalue weighted by Gasteiger charge is 2.53. The van der Waals surface area contributed by atoms with Gasteiger partial charge in [-0.1, -0.05) is 26.0 Å². The van der Waals surface area contributed by atoms with Crippen LogP contribution in [0.3, 0.4) is 0 Å². The lowest BCUT2D eigenvalue weighted by atomic mass is 9.86. The van der Waals surface area contributed by atoms with Gasteiger partial charge in [0.15, 0.2) is 0 Å². The molecule has 1 N–H and O–H groups in total. The zero-order valence-electron chi connectivity index (χ0n) is 20.6. The van der Waals surface area contributed by atoms with Crippen molar-refractivity contribution in [2.24, 2.45) is 10.8 Å². The van der Waals surface area contributed by atoms with Gasteiger partial charge in [-0.3, -0.25) is 4.79 Å². The number of sulfonamides is 1. The van der Waals surface area contributed by atoms with Gasteiger partial charge in [-0.15, -0.1) is 0 Å². The summed E-state index contributed by atoms with van der Waals surface area (Å²) in [6.07, 6.45) is 10.2. The topological polar surface area (TPSA) is 100 Å². The molecule has 2 saturated carbocycles. The van der Waals surface area contributed by atoms with Gasteiger partial charge in [0.05, 0.1) is 24.1 Å². The molecule has 7 nitrogen and oxygen atoms in total. The summed E-state index contributed by atoms with van der Waals surface area (Å²) in [7, 11) is -2.17. The number of carboxylic acids is 1. The Morgan fingerprint density at radius 1 is 1.17 bits per heavy atom. The van der Waals surface area contributed by atoms with Crippen LogP contribution in [0.25, 0.3) is 17.3 Å². The van der Waals surface area contributed by atoms with Crippen LogP contribution in [0.1, 0.15) is 69.5 Å². The molecule has 2 aliphatic rings. The molecule has 2 fully saturated rings. The van der Waals surface area contributed by atoms with E-state index in [1.807, 2.05) is 19.9 Å². The predicted octanol–water partition coefficient (Wildman–Crippen LogP) is 5.24. The van der Waals surface area contributed by atoms with Crippen LogP contribution in [0, 0.1) is 16.6 Å². The first-order valence-corrected chi connectivity index (χ1v) is 13.7. The minimum Gasteiger partial charge on any atom is -0.481 e. The Morgan fingerprint density at radius 2 is 1.80 bits per heavy atom. The lowest BCUT2D eigenvalue weighted by Crippen LogP contribution is -2.27. The van der Waals surface area contributed by atoms with Gasteiger partial charge in [0.2, 0.25) is 16.0 Å². The van der Waals surface area contributed by atoms with Crippen LogP contribution in [0.5, 0.6) is 0 Å². The first-order chi connectivity index (χ1) is 16.3. The van der Waals surface area contributed by atoms with Crippen LogP contribution in [-0.2, 0) is 14.8 Å². The molecule has 0 unspecified atom stereocenters. The molecule has 0 aliphatic heterocycles. The van der Waals surface area contributed by atoms with E-state index in [2.05, 4.69) is 16.0 Å². The number of nitrogens with zero attached hydrogens (tertiary/aromatic N) is 3. The van der Waals surface area contributed by atoms with Gasteiger partial charge in [-0.05, 0) is 73.1 Å². The number of hydrogen-bond acceptors (Lipinski definition) is 5. The summed E-state index contributed by atoms with van der Waals surface area (Å²) in [5, 5.41) is 9.31. The highest BCUT2D eigenvalue weighted by Crippen LogP contribution is 2.63. The monoisotopic (exact) mass is 501 g/mol. The summed E-state index contributed by atoms with van der Waals surface area (Å²) in [4.78, 5) is 20.6. The molecular weight excluding hydrogens is 469 g/mol. The average molecular weight is 502 g/mol. The van der Waals surface area contributed by atoms with Gasteiger partial charge in [0.1, 0.15) is 5.82 Å². The number of aromatic nitrogens is 2. The van der Waals surface area contributed by atoms with Gasteiger partial charge in [0.25, 0.3) is 0 Å². The summed E-state index contributed by atoms with van der Waals surface area (Å²) >= 11 is 0. The molecule has 4 rings (SSSR count). The quantitative estimate of drug-likeness (QED) is 0.478. The van der Waals surface area contributed by atoms with Crippen LogP contribution in [0.4, 0.5) is 10.3 Å². The molecule has 1 aromatic heterocycles. The Hall–Kier alpha value is -2.81. The van der Waals surface area contributed by atoms with Crippen LogP contribution in [-0.4, -0.2) is 42.8 Å². The van der Waals surface area contributed by atoms with E-state index in [4.69, 9.17) is 0 Å². The van der Waals surface area contributed by atoms with Crippen LogP contribution < -0.4 is 4.31 Å². The van der Waals surface area contributed by atoms with E-state index in [0.29, 0.717) is 17.0 Å².